The largest absolute Gasteiger partial charge is 0.381 e. The fraction of sp³-hybridized carbons (Fsp3) is 0.500. The lowest BCUT2D eigenvalue weighted by atomic mass is 9.94. The van der Waals surface area contributed by atoms with Crippen LogP contribution in [-0.4, -0.2) is 22.5 Å². The van der Waals surface area contributed by atoms with Crippen LogP contribution in [-0.2, 0) is 0 Å². The van der Waals surface area contributed by atoms with Gasteiger partial charge in [-0.3, -0.25) is 10.1 Å². The molecule has 1 saturated carbocycles. The summed E-state index contributed by atoms with van der Waals surface area (Å²) < 4.78 is 0. The van der Waals surface area contributed by atoms with Crippen molar-refractivity contribution in [3.8, 4) is 6.07 Å². The van der Waals surface area contributed by atoms with Crippen molar-refractivity contribution in [3.05, 3.63) is 33.9 Å². The SMILES string of the molecule is CSC1CCCCC1Nc1ccc([N+](=O)[O-])c(C#N)c1. The molecule has 0 heterocycles. The normalized spacial score (nSPS) is 22.0. The number of benzene rings is 1. The molecule has 1 fully saturated rings. The molecule has 20 heavy (non-hydrogen) atoms. The van der Waals surface area contributed by atoms with Gasteiger partial charge in [-0.25, -0.2) is 0 Å². The molecule has 1 N–H and O–H groups in total. The molecule has 0 bridgehead atoms. The van der Waals surface area contributed by atoms with Gasteiger partial charge in [0.15, 0.2) is 0 Å². The summed E-state index contributed by atoms with van der Waals surface area (Å²) in [4.78, 5) is 10.3. The highest BCUT2D eigenvalue weighted by atomic mass is 32.2. The first-order chi connectivity index (χ1) is 9.65. The molecule has 1 aromatic carbocycles. The van der Waals surface area contributed by atoms with Crippen molar-refractivity contribution in [3.63, 3.8) is 0 Å². The van der Waals surface area contributed by atoms with Crippen LogP contribution in [0.3, 0.4) is 0 Å². The van der Waals surface area contributed by atoms with E-state index in [9.17, 15) is 10.1 Å². The van der Waals surface area contributed by atoms with Gasteiger partial charge in [0.05, 0.1) is 4.92 Å². The summed E-state index contributed by atoms with van der Waals surface area (Å²) in [6.07, 6.45) is 6.86. The van der Waals surface area contributed by atoms with Gasteiger partial charge in [-0.2, -0.15) is 17.0 Å². The summed E-state index contributed by atoms with van der Waals surface area (Å²) in [5.74, 6) is 0. The van der Waals surface area contributed by atoms with Crippen LogP contribution in [0.15, 0.2) is 18.2 Å². The van der Waals surface area contributed by atoms with E-state index in [4.69, 9.17) is 5.26 Å². The summed E-state index contributed by atoms with van der Waals surface area (Å²) in [5.41, 5.74) is 0.762. The molecule has 5 nitrogen and oxygen atoms in total. The molecule has 0 amide bonds. The summed E-state index contributed by atoms with van der Waals surface area (Å²) >= 11 is 1.86. The maximum atomic E-state index is 10.8. The molecule has 0 saturated heterocycles. The Kier molecular flexibility index (Phi) is 4.85. The van der Waals surface area contributed by atoms with Crippen LogP contribution < -0.4 is 5.32 Å². The van der Waals surface area contributed by atoms with Gasteiger partial charge in [0.2, 0.25) is 0 Å². The van der Waals surface area contributed by atoms with Gasteiger partial charge in [-0.15, -0.1) is 0 Å². The molecule has 1 aliphatic rings. The van der Waals surface area contributed by atoms with Crippen LogP contribution in [0.5, 0.6) is 0 Å². The van der Waals surface area contributed by atoms with Crippen LogP contribution in [0.1, 0.15) is 31.2 Å². The van der Waals surface area contributed by atoms with Crippen LogP contribution in [0.2, 0.25) is 0 Å². The second-order valence-corrected chi connectivity index (χ2v) is 5.99. The zero-order valence-corrected chi connectivity index (χ0v) is 12.2. The number of nitro benzene ring substituents is 1. The third kappa shape index (κ3) is 3.23. The zero-order chi connectivity index (χ0) is 14.5. The Labute approximate surface area is 122 Å². The third-order valence-corrected chi connectivity index (χ3v) is 4.84. The van der Waals surface area contributed by atoms with Gasteiger partial charge in [-0.1, -0.05) is 12.8 Å². The number of hydrogen-bond donors (Lipinski definition) is 1. The van der Waals surface area contributed by atoms with Crippen LogP contribution in [0, 0.1) is 21.4 Å². The molecular formula is C14H17N3O2S. The number of rotatable bonds is 4. The van der Waals surface area contributed by atoms with Crippen LogP contribution in [0.4, 0.5) is 11.4 Å². The highest BCUT2D eigenvalue weighted by Crippen LogP contribution is 2.30. The maximum Gasteiger partial charge on any atom is 0.287 e. The number of anilines is 1. The van der Waals surface area contributed by atoms with E-state index in [1.165, 1.54) is 25.3 Å². The van der Waals surface area contributed by atoms with Crippen molar-refractivity contribution >= 4 is 23.1 Å². The van der Waals surface area contributed by atoms with Crippen molar-refractivity contribution < 1.29 is 4.92 Å². The number of nitrogens with zero attached hydrogens (tertiary/aromatic N) is 2. The summed E-state index contributed by atoms with van der Waals surface area (Å²) in [6.45, 7) is 0. The van der Waals surface area contributed by atoms with E-state index in [1.54, 1.807) is 12.1 Å². The lowest BCUT2D eigenvalue weighted by Crippen LogP contribution is -2.34. The maximum absolute atomic E-state index is 10.8. The molecule has 0 radical (unpaired) electrons. The smallest absolute Gasteiger partial charge is 0.287 e. The zero-order valence-electron chi connectivity index (χ0n) is 11.3. The molecule has 2 atom stereocenters. The average molecular weight is 291 g/mol. The molecular weight excluding hydrogens is 274 g/mol. The first-order valence-corrected chi connectivity index (χ1v) is 7.92. The van der Waals surface area contributed by atoms with Crippen molar-refractivity contribution in [1.29, 1.82) is 5.26 Å². The van der Waals surface area contributed by atoms with E-state index in [-0.39, 0.29) is 11.3 Å². The molecule has 6 heteroatoms. The monoisotopic (exact) mass is 291 g/mol. The van der Waals surface area contributed by atoms with Crippen molar-refractivity contribution in [1.82, 2.24) is 0 Å². The Balaban J connectivity index is 2.17. The Morgan fingerprint density at radius 1 is 1.45 bits per heavy atom. The molecule has 2 rings (SSSR count). The quantitative estimate of drug-likeness (QED) is 0.678. The highest BCUT2D eigenvalue weighted by Gasteiger charge is 2.24. The number of hydrogen-bond acceptors (Lipinski definition) is 5. The fourth-order valence-corrected chi connectivity index (χ4v) is 3.57. The van der Waals surface area contributed by atoms with Crippen molar-refractivity contribution in [2.45, 2.75) is 37.0 Å². The van der Waals surface area contributed by atoms with E-state index in [0.717, 1.165) is 12.1 Å². The second-order valence-electron chi connectivity index (χ2n) is 4.91. The Bertz CT molecular complexity index is 542. The molecule has 0 aromatic heterocycles. The predicted octanol–water partition coefficient (Wildman–Crippen LogP) is 3.55. The molecule has 0 spiro atoms. The third-order valence-electron chi connectivity index (χ3n) is 3.67. The number of nitrogens with one attached hydrogen (secondary N) is 1. The van der Waals surface area contributed by atoms with Crippen LogP contribution in [0.25, 0.3) is 0 Å². The minimum atomic E-state index is -0.520. The van der Waals surface area contributed by atoms with Gasteiger partial charge in [0, 0.05) is 23.0 Å². The highest BCUT2D eigenvalue weighted by molar-refractivity contribution is 7.99. The Hall–Kier alpha value is -1.74. The summed E-state index contributed by atoms with van der Waals surface area (Å²) in [5, 5.41) is 23.8. The first kappa shape index (κ1) is 14.7. The van der Waals surface area contributed by atoms with E-state index < -0.39 is 4.92 Å². The molecule has 106 valence electrons. The minimum Gasteiger partial charge on any atom is -0.381 e. The van der Waals surface area contributed by atoms with E-state index in [2.05, 4.69) is 11.6 Å². The van der Waals surface area contributed by atoms with E-state index in [0.29, 0.717) is 11.3 Å². The van der Waals surface area contributed by atoms with Gasteiger partial charge < -0.3 is 5.32 Å². The van der Waals surface area contributed by atoms with Gasteiger partial charge in [0.25, 0.3) is 5.69 Å². The van der Waals surface area contributed by atoms with Crippen LogP contribution >= 0.6 is 11.8 Å². The molecule has 1 aliphatic carbocycles. The fourth-order valence-electron chi connectivity index (χ4n) is 2.63. The standard InChI is InChI=1S/C14H17N3O2S/c1-20-14-5-3-2-4-12(14)16-11-6-7-13(17(18)19)10(8-11)9-15/h6-8,12,14,16H,2-5H2,1H3. The summed E-state index contributed by atoms with van der Waals surface area (Å²) in [7, 11) is 0. The Morgan fingerprint density at radius 3 is 2.85 bits per heavy atom. The number of nitro groups is 1. The van der Waals surface area contributed by atoms with Gasteiger partial charge in [0.1, 0.15) is 11.6 Å². The predicted molar refractivity (Wildman–Crippen MR) is 81.0 cm³/mol. The average Bonchev–Trinajstić information content (AvgIpc) is 2.47. The van der Waals surface area contributed by atoms with E-state index >= 15 is 0 Å². The minimum absolute atomic E-state index is 0.108. The van der Waals surface area contributed by atoms with Gasteiger partial charge in [-0.05, 0) is 31.2 Å². The first-order valence-electron chi connectivity index (χ1n) is 6.63. The number of nitriles is 1. The second kappa shape index (κ2) is 6.62. The summed E-state index contributed by atoms with van der Waals surface area (Å²) in [6, 6.07) is 6.92. The number of thioether (sulfide) groups is 1. The lowest BCUT2D eigenvalue weighted by molar-refractivity contribution is -0.385. The molecule has 2 unspecified atom stereocenters. The molecule has 1 aromatic rings. The Morgan fingerprint density at radius 2 is 2.20 bits per heavy atom. The van der Waals surface area contributed by atoms with E-state index in [1.807, 2.05) is 17.8 Å². The lowest BCUT2D eigenvalue weighted by Gasteiger charge is -2.31. The topological polar surface area (TPSA) is 79.0 Å². The molecule has 0 aliphatic heterocycles. The van der Waals surface area contributed by atoms with Crippen molar-refractivity contribution in [2.75, 3.05) is 11.6 Å². The van der Waals surface area contributed by atoms with Gasteiger partial charge >= 0.3 is 0 Å². The van der Waals surface area contributed by atoms with Crippen molar-refractivity contribution in [2.24, 2.45) is 0 Å².